The zero-order valence-corrected chi connectivity index (χ0v) is 10.0. The summed E-state index contributed by atoms with van der Waals surface area (Å²) in [4.78, 5) is 4.45. The summed E-state index contributed by atoms with van der Waals surface area (Å²) < 4.78 is 5.30. The lowest BCUT2D eigenvalue weighted by Crippen LogP contribution is -2.01. The smallest absolute Gasteiger partial charge is 0.258 e. The maximum Gasteiger partial charge on any atom is 0.258 e. The molecule has 2 aromatic rings. The average Bonchev–Trinajstić information content (AvgIpc) is 2.88. The van der Waals surface area contributed by atoms with Crippen molar-refractivity contribution in [1.29, 1.82) is 0 Å². The fourth-order valence-electron chi connectivity index (χ4n) is 1.77. The van der Waals surface area contributed by atoms with E-state index in [9.17, 15) is 0 Å². The highest BCUT2D eigenvalue weighted by atomic mass is 16.5. The van der Waals surface area contributed by atoms with Gasteiger partial charge in [0.25, 0.3) is 5.89 Å². The maximum absolute atomic E-state index is 5.87. The quantitative estimate of drug-likeness (QED) is 0.804. The first-order chi connectivity index (χ1) is 8.08. The predicted octanol–water partition coefficient (Wildman–Crippen LogP) is 2.68. The van der Waals surface area contributed by atoms with Gasteiger partial charge in [0, 0.05) is 16.7 Å². The van der Waals surface area contributed by atoms with E-state index in [4.69, 9.17) is 10.3 Å². The Kier molecular flexibility index (Phi) is 2.02. The summed E-state index contributed by atoms with van der Waals surface area (Å²) >= 11 is 0. The molecule has 0 aliphatic heterocycles. The predicted molar refractivity (Wildman–Crippen MR) is 65.5 cm³/mol. The van der Waals surface area contributed by atoms with Crippen molar-refractivity contribution >= 4 is 5.69 Å². The molecule has 0 radical (unpaired) electrons. The number of aromatic nitrogens is 2. The first kappa shape index (κ1) is 10.3. The molecule has 1 aromatic carbocycles. The van der Waals surface area contributed by atoms with Crippen LogP contribution in [0.1, 0.15) is 31.2 Å². The normalized spacial score (nSPS) is 17.1. The molecule has 0 bridgehead atoms. The molecule has 17 heavy (non-hydrogen) atoms. The third kappa shape index (κ3) is 1.69. The minimum absolute atomic E-state index is 0.137. The van der Waals surface area contributed by atoms with E-state index >= 15 is 0 Å². The van der Waals surface area contributed by atoms with Gasteiger partial charge in [-0.2, -0.15) is 4.98 Å². The van der Waals surface area contributed by atoms with Crippen molar-refractivity contribution in [2.24, 2.45) is 0 Å². The van der Waals surface area contributed by atoms with Crippen molar-refractivity contribution in [2.45, 2.75) is 32.1 Å². The topological polar surface area (TPSA) is 64.9 Å². The average molecular weight is 229 g/mol. The number of nitrogen functional groups attached to an aromatic ring is 1. The maximum atomic E-state index is 5.87. The number of anilines is 1. The van der Waals surface area contributed by atoms with Gasteiger partial charge >= 0.3 is 0 Å². The molecule has 1 aliphatic carbocycles. The van der Waals surface area contributed by atoms with E-state index in [-0.39, 0.29) is 5.41 Å². The van der Waals surface area contributed by atoms with Gasteiger partial charge in [-0.3, -0.25) is 0 Å². The third-order valence-electron chi connectivity index (χ3n) is 3.49. The third-order valence-corrected chi connectivity index (χ3v) is 3.49. The molecule has 4 heteroatoms. The van der Waals surface area contributed by atoms with Crippen LogP contribution >= 0.6 is 0 Å². The van der Waals surface area contributed by atoms with Crippen LogP contribution in [-0.4, -0.2) is 10.1 Å². The molecule has 3 rings (SSSR count). The monoisotopic (exact) mass is 229 g/mol. The summed E-state index contributed by atoms with van der Waals surface area (Å²) in [6.07, 6.45) is 2.28. The van der Waals surface area contributed by atoms with Crippen LogP contribution < -0.4 is 5.73 Å². The van der Waals surface area contributed by atoms with Crippen LogP contribution in [-0.2, 0) is 5.41 Å². The first-order valence-electron chi connectivity index (χ1n) is 5.79. The van der Waals surface area contributed by atoms with Crippen LogP contribution in [0.3, 0.4) is 0 Å². The number of nitrogens with zero attached hydrogens (tertiary/aromatic N) is 2. The van der Waals surface area contributed by atoms with Gasteiger partial charge < -0.3 is 10.3 Å². The number of hydrogen-bond donors (Lipinski definition) is 1. The number of aryl methyl sites for hydroxylation is 1. The van der Waals surface area contributed by atoms with Crippen molar-refractivity contribution in [3.8, 4) is 11.5 Å². The van der Waals surface area contributed by atoms with E-state index in [0.29, 0.717) is 5.89 Å². The lowest BCUT2D eigenvalue weighted by molar-refractivity contribution is 0.416. The van der Waals surface area contributed by atoms with Crippen molar-refractivity contribution in [2.75, 3.05) is 5.73 Å². The number of hydrogen-bond acceptors (Lipinski definition) is 4. The minimum atomic E-state index is 0.137. The summed E-state index contributed by atoms with van der Waals surface area (Å²) in [5.41, 5.74) is 8.70. The highest BCUT2D eigenvalue weighted by molar-refractivity contribution is 5.62. The van der Waals surface area contributed by atoms with Gasteiger partial charge in [-0.05, 0) is 37.5 Å². The van der Waals surface area contributed by atoms with E-state index in [1.165, 1.54) is 0 Å². The highest BCUT2D eigenvalue weighted by Crippen LogP contribution is 2.46. The van der Waals surface area contributed by atoms with E-state index < -0.39 is 0 Å². The van der Waals surface area contributed by atoms with Gasteiger partial charge in [-0.15, -0.1) is 0 Å². The number of rotatable bonds is 2. The van der Waals surface area contributed by atoms with Gasteiger partial charge in [0.15, 0.2) is 5.82 Å². The van der Waals surface area contributed by atoms with Gasteiger partial charge in [0.1, 0.15) is 0 Å². The van der Waals surface area contributed by atoms with Gasteiger partial charge in [0.2, 0.25) is 0 Å². The van der Waals surface area contributed by atoms with Crippen LogP contribution in [0.5, 0.6) is 0 Å². The lowest BCUT2D eigenvalue weighted by atomic mass is 10.1. The second-order valence-electron chi connectivity index (χ2n) is 5.06. The number of nitrogens with two attached hydrogens (primary N) is 1. The molecule has 1 aliphatic rings. The van der Waals surface area contributed by atoms with Crippen molar-refractivity contribution in [1.82, 2.24) is 10.1 Å². The molecule has 0 spiro atoms. The Morgan fingerprint density at radius 1 is 1.35 bits per heavy atom. The van der Waals surface area contributed by atoms with E-state index in [1.54, 1.807) is 0 Å². The molecule has 1 fully saturated rings. The molecule has 1 heterocycles. The van der Waals surface area contributed by atoms with Gasteiger partial charge in [0.05, 0.1) is 0 Å². The Balaban J connectivity index is 1.98. The molecule has 0 amide bonds. The van der Waals surface area contributed by atoms with Crippen LogP contribution in [0, 0.1) is 6.92 Å². The SMILES string of the molecule is Cc1ccc(-c2nc(C3(C)CC3)no2)cc1N. The van der Waals surface area contributed by atoms with E-state index in [0.717, 1.165) is 35.5 Å². The van der Waals surface area contributed by atoms with Crippen LogP contribution in [0.15, 0.2) is 22.7 Å². The molecule has 0 unspecified atom stereocenters. The Bertz CT molecular complexity index is 570. The fourth-order valence-corrected chi connectivity index (χ4v) is 1.77. The van der Waals surface area contributed by atoms with Crippen LogP contribution in [0.4, 0.5) is 5.69 Å². The van der Waals surface area contributed by atoms with Crippen LogP contribution in [0.2, 0.25) is 0 Å². The van der Waals surface area contributed by atoms with Gasteiger partial charge in [-0.25, -0.2) is 0 Å². The Hall–Kier alpha value is -1.84. The molecule has 0 saturated heterocycles. The minimum Gasteiger partial charge on any atom is -0.398 e. The Morgan fingerprint density at radius 2 is 2.12 bits per heavy atom. The standard InChI is InChI=1S/C13H15N3O/c1-8-3-4-9(7-10(8)14)11-15-12(16-17-11)13(2)5-6-13/h3-4,7H,5-6,14H2,1-2H3. The van der Waals surface area contributed by atoms with Crippen molar-refractivity contribution in [3.05, 3.63) is 29.6 Å². The first-order valence-corrected chi connectivity index (χ1v) is 5.79. The molecular formula is C13H15N3O. The summed E-state index contributed by atoms with van der Waals surface area (Å²) in [6, 6.07) is 5.80. The highest BCUT2D eigenvalue weighted by Gasteiger charge is 2.43. The van der Waals surface area contributed by atoms with Crippen molar-refractivity contribution < 1.29 is 4.52 Å². The van der Waals surface area contributed by atoms with Gasteiger partial charge in [-0.1, -0.05) is 18.1 Å². The van der Waals surface area contributed by atoms with Crippen molar-refractivity contribution in [3.63, 3.8) is 0 Å². The second-order valence-corrected chi connectivity index (χ2v) is 5.06. The largest absolute Gasteiger partial charge is 0.398 e. The number of benzene rings is 1. The molecule has 1 saturated carbocycles. The molecule has 88 valence electrons. The molecule has 4 nitrogen and oxygen atoms in total. The molecule has 2 N–H and O–H groups in total. The molecule has 0 atom stereocenters. The summed E-state index contributed by atoms with van der Waals surface area (Å²) in [7, 11) is 0. The lowest BCUT2D eigenvalue weighted by Gasteiger charge is -2.01. The zero-order chi connectivity index (χ0) is 12.0. The van der Waals surface area contributed by atoms with Crippen LogP contribution in [0.25, 0.3) is 11.5 Å². The fraction of sp³-hybridized carbons (Fsp3) is 0.385. The molecule has 1 aromatic heterocycles. The summed E-state index contributed by atoms with van der Waals surface area (Å²) in [6.45, 7) is 4.13. The Labute approximate surface area is 99.8 Å². The summed E-state index contributed by atoms with van der Waals surface area (Å²) in [5, 5.41) is 4.05. The zero-order valence-electron chi connectivity index (χ0n) is 10.0. The molecular weight excluding hydrogens is 214 g/mol. The Morgan fingerprint density at radius 3 is 2.76 bits per heavy atom. The van der Waals surface area contributed by atoms with E-state index in [2.05, 4.69) is 17.1 Å². The summed E-state index contributed by atoms with van der Waals surface area (Å²) in [5.74, 6) is 1.37. The second kappa shape index (κ2) is 3.32. The van der Waals surface area contributed by atoms with E-state index in [1.807, 2.05) is 25.1 Å².